The van der Waals surface area contributed by atoms with E-state index in [1.807, 2.05) is 38.2 Å². The van der Waals surface area contributed by atoms with E-state index < -0.39 is 0 Å². The van der Waals surface area contributed by atoms with E-state index in [9.17, 15) is 0 Å². The number of nitrogens with one attached hydrogen (secondary N) is 2. The van der Waals surface area contributed by atoms with Crippen LogP contribution in [0.3, 0.4) is 0 Å². The van der Waals surface area contributed by atoms with Crippen molar-refractivity contribution in [1.82, 2.24) is 15.3 Å². The molecule has 18 heavy (non-hydrogen) atoms. The molecule has 0 aliphatic rings. The van der Waals surface area contributed by atoms with Crippen LogP contribution < -0.4 is 10.1 Å². The monoisotopic (exact) mass is 245 g/mol. The quantitative estimate of drug-likeness (QED) is 0.822. The predicted octanol–water partition coefficient (Wildman–Crippen LogP) is 2.49. The first-order valence-corrected chi connectivity index (χ1v) is 6.19. The van der Waals surface area contributed by atoms with Crippen LogP contribution in [0, 0.1) is 0 Å². The highest BCUT2D eigenvalue weighted by Crippen LogP contribution is 2.19. The van der Waals surface area contributed by atoms with Crippen molar-refractivity contribution >= 4 is 0 Å². The molecule has 0 saturated heterocycles. The molecule has 1 aromatic carbocycles. The number of para-hydroxylation sites is 1. The van der Waals surface area contributed by atoms with Gasteiger partial charge in [0.15, 0.2) is 0 Å². The fourth-order valence-electron chi connectivity index (χ4n) is 1.73. The molecular formula is C14H19N3O. The molecule has 0 amide bonds. The molecule has 96 valence electrons. The number of ether oxygens (including phenoxy) is 1. The molecule has 2 N–H and O–H groups in total. The molecule has 0 spiro atoms. The lowest BCUT2D eigenvalue weighted by molar-refractivity contribution is 0.239. The summed E-state index contributed by atoms with van der Waals surface area (Å²) >= 11 is 0. The van der Waals surface area contributed by atoms with Crippen molar-refractivity contribution in [2.24, 2.45) is 0 Å². The van der Waals surface area contributed by atoms with Crippen LogP contribution in [0.4, 0.5) is 0 Å². The minimum atomic E-state index is 0.191. The van der Waals surface area contributed by atoms with Crippen molar-refractivity contribution in [3.8, 4) is 5.75 Å². The number of benzene rings is 1. The molecule has 1 aromatic heterocycles. The van der Waals surface area contributed by atoms with E-state index in [0.717, 1.165) is 30.2 Å². The molecule has 0 aliphatic heterocycles. The highest BCUT2D eigenvalue weighted by molar-refractivity contribution is 5.33. The highest BCUT2D eigenvalue weighted by atomic mass is 16.5. The second kappa shape index (κ2) is 6.21. The summed E-state index contributed by atoms with van der Waals surface area (Å²) in [7, 11) is 0. The normalized spacial score (nSPS) is 10.8. The van der Waals surface area contributed by atoms with E-state index in [1.165, 1.54) is 0 Å². The van der Waals surface area contributed by atoms with Gasteiger partial charge < -0.3 is 15.0 Å². The van der Waals surface area contributed by atoms with Gasteiger partial charge in [-0.15, -0.1) is 0 Å². The molecule has 4 heteroatoms. The second-order valence-electron chi connectivity index (χ2n) is 4.41. The van der Waals surface area contributed by atoms with E-state index in [0.29, 0.717) is 0 Å². The van der Waals surface area contributed by atoms with Crippen LogP contribution in [0.2, 0.25) is 0 Å². The van der Waals surface area contributed by atoms with Crippen LogP contribution in [-0.4, -0.2) is 16.1 Å². The highest BCUT2D eigenvalue weighted by Gasteiger charge is 2.04. The maximum absolute atomic E-state index is 5.77. The van der Waals surface area contributed by atoms with Crippen molar-refractivity contribution < 1.29 is 4.74 Å². The summed E-state index contributed by atoms with van der Waals surface area (Å²) < 4.78 is 5.77. The van der Waals surface area contributed by atoms with Gasteiger partial charge >= 0.3 is 0 Å². The fourth-order valence-corrected chi connectivity index (χ4v) is 1.73. The van der Waals surface area contributed by atoms with Gasteiger partial charge in [-0.2, -0.15) is 0 Å². The first-order valence-electron chi connectivity index (χ1n) is 6.19. The Bertz CT molecular complexity index is 466. The number of H-pyrrole nitrogens is 1. The number of aromatic nitrogens is 2. The van der Waals surface area contributed by atoms with Gasteiger partial charge in [0.25, 0.3) is 0 Å². The van der Waals surface area contributed by atoms with Gasteiger partial charge in [0, 0.05) is 24.5 Å². The van der Waals surface area contributed by atoms with Crippen molar-refractivity contribution in [3.63, 3.8) is 0 Å². The summed E-state index contributed by atoms with van der Waals surface area (Å²) in [6.45, 7) is 5.56. The van der Waals surface area contributed by atoms with Crippen molar-refractivity contribution in [2.45, 2.75) is 33.0 Å². The zero-order valence-electron chi connectivity index (χ0n) is 10.8. The Balaban J connectivity index is 1.92. The molecule has 0 unspecified atom stereocenters. The Morgan fingerprint density at radius 1 is 1.28 bits per heavy atom. The number of hydrogen-bond donors (Lipinski definition) is 2. The molecule has 0 bridgehead atoms. The molecule has 0 saturated carbocycles. The van der Waals surface area contributed by atoms with Crippen LogP contribution in [-0.2, 0) is 13.1 Å². The van der Waals surface area contributed by atoms with Gasteiger partial charge in [-0.05, 0) is 19.9 Å². The molecular weight excluding hydrogens is 226 g/mol. The summed E-state index contributed by atoms with van der Waals surface area (Å²) in [6.07, 6.45) is 3.77. The third kappa shape index (κ3) is 3.60. The fraction of sp³-hybridized carbons (Fsp3) is 0.357. The number of rotatable bonds is 6. The standard InChI is InChI=1S/C14H19N3O/c1-11(2)18-13-6-4-3-5-12(13)9-15-10-14-16-7-8-17-14/h3-8,11,15H,9-10H2,1-2H3,(H,16,17). The van der Waals surface area contributed by atoms with Crippen molar-refractivity contribution in [2.75, 3.05) is 0 Å². The Hall–Kier alpha value is -1.81. The lowest BCUT2D eigenvalue weighted by atomic mass is 10.2. The summed E-state index contributed by atoms with van der Waals surface area (Å²) in [4.78, 5) is 7.23. The second-order valence-corrected chi connectivity index (χ2v) is 4.41. The number of aromatic amines is 1. The molecule has 0 radical (unpaired) electrons. The Morgan fingerprint density at radius 3 is 2.83 bits per heavy atom. The Morgan fingerprint density at radius 2 is 2.11 bits per heavy atom. The molecule has 0 fully saturated rings. The average molecular weight is 245 g/mol. The third-order valence-corrected chi connectivity index (χ3v) is 2.50. The molecule has 2 aromatic rings. The smallest absolute Gasteiger partial charge is 0.124 e. The van der Waals surface area contributed by atoms with E-state index in [1.54, 1.807) is 6.20 Å². The van der Waals surface area contributed by atoms with Gasteiger partial charge in [0.2, 0.25) is 0 Å². The lowest BCUT2D eigenvalue weighted by Gasteiger charge is -2.14. The summed E-state index contributed by atoms with van der Waals surface area (Å²) in [5, 5.41) is 3.34. The van der Waals surface area contributed by atoms with Gasteiger partial charge in [-0.3, -0.25) is 0 Å². The largest absolute Gasteiger partial charge is 0.491 e. The molecule has 0 atom stereocenters. The van der Waals surface area contributed by atoms with Crippen LogP contribution >= 0.6 is 0 Å². The Labute approximate surface area is 107 Å². The molecule has 0 aliphatic carbocycles. The SMILES string of the molecule is CC(C)Oc1ccccc1CNCc1ncc[nH]1. The molecule has 1 heterocycles. The van der Waals surface area contributed by atoms with Crippen LogP contribution in [0.1, 0.15) is 25.2 Å². The average Bonchev–Trinajstić information content (AvgIpc) is 2.84. The van der Waals surface area contributed by atoms with Crippen LogP contribution in [0.5, 0.6) is 5.75 Å². The third-order valence-electron chi connectivity index (χ3n) is 2.50. The van der Waals surface area contributed by atoms with Crippen LogP contribution in [0.25, 0.3) is 0 Å². The van der Waals surface area contributed by atoms with E-state index in [4.69, 9.17) is 4.74 Å². The maximum Gasteiger partial charge on any atom is 0.124 e. The van der Waals surface area contributed by atoms with Gasteiger partial charge in [-0.25, -0.2) is 4.98 Å². The molecule has 2 rings (SSSR count). The minimum Gasteiger partial charge on any atom is -0.491 e. The topological polar surface area (TPSA) is 49.9 Å². The zero-order valence-corrected chi connectivity index (χ0v) is 10.8. The van der Waals surface area contributed by atoms with Crippen molar-refractivity contribution in [3.05, 3.63) is 48.0 Å². The summed E-state index contributed by atoms with van der Waals surface area (Å²) in [6, 6.07) is 8.10. The number of nitrogens with zero attached hydrogens (tertiary/aromatic N) is 1. The first-order chi connectivity index (χ1) is 8.75. The predicted molar refractivity (Wildman–Crippen MR) is 71.3 cm³/mol. The molecule has 4 nitrogen and oxygen atoms in total. The van der Waals surface area contributed by atoms with E-state index in [2.05, 4.69) is 21.4 Å². The van der Waals surface area contributed by atoms with E-state index >= 15 is 0 Å². The van der Waals surface area contributed by atoms with Crippen LogP contribution in [0.15, 0.2) is 36.7 Å². The first kappa shape index (κ1) is 12.6. The summed E-state index contributed by atoms with van der Waals surface area (Å²) in [5.74, 6) is 1.89. The Kier molecular flexibility index (Phi) is 4.36. The number of hydrogen-bond acceptors (Lipinski definition) is 3. The number of imidazole rings is 1. The van der Waals surface area contributed by atoms with E-state index in [-0.39, 0.29) is 6.10 Å². The summed E-state index contributed by atoms with van der Waals surface area (Å²) in [5.41, 5.74) is 1.16. The van der Waals surface area contributed by atoms with Gasteiger partial charge in [0.1, 0.15) is 11.6 Å². The zero-order chi connectivity index (χ0) is 12.8. The van der Waals surface area contributed by atoms with Crippen molar-refractivity contribution in [1.29, 1.82) is 0 Å². The maximum atomic E-state index is 5.77. The van der Waals surface area contributed by atoms with Gasteiger partial charge in [0.05, 0.1) is 12.6 Å². The van der Waals surface area contributed by atoms with Gasteiger partial charge in [-0.1, -0.05) is 18.2 Å². The lowest BCUT2D eigenvalue weighted by Crippen LogP contribution is -2.15. The minimum absolute atomic E-state index is 0.191.